The van der Waals surface area contributed by atoms with Crippen LogP contribution in [0.15, 0.2) is 0 Å². The summed E-state index contributed by atoms with van der Waals surface area (Å²) < 4.78 is 5.52. The number of hydrogen-bond donors (Lipinski definition) is 1. The van der Waals surface area contributed by atoms with E-state index in [4.69, 9.17) is 4.74 Å². The Morgan fingerprint density at radius 2 is 2.40 bits per heavy atom. The summed E-state index contributed by atoms with van der Waals surface area (Å²) in [6, 6.07) is 0. The van der Waals surface area contributed by atoms with Gasteiger partial charge in [-0.3, -0.25) is 0 Å². The Labute approximate surface area is 63.0 Å². The second-order valence-corrected chi connectivity index (χ2v) is 3.42. The molecule has 0 amide bonds. The number of morpholine rings is 1. The molecule has 2 heteroatoms. The third-order valence-corrected chi connectivity index (χ3v) is 2.28. The average Bonchev–Trinajstić information content (AvgIpc) is 1.96. The summed E-state index contributed by atoms with van der Waals surface area (Å²) in [5.74, 6) is 0. The van der Waals surface area contributed by atoms with Gasteiger partial charge in [0.05, 0.1) is 12.7 Å². The van der Waals surface area contributed by atoms with Gasteiger partial charge in [-0.25, -0.2) is 0 Å². The highest BCUT2D eigenvalue weighted by Gasteiger charge is 2.27. The minimum absolute atomic E-state index is 0.229. The second-order valence-electron chi connectivity index (χ2n) is 3.42. The Kier molecular flexibility index (Phi) is 2.32. The van der Waals surface area contributed by atoms with Crippen molar-refractivity contribution in [1.82, 2.24) is 5.32 Å². The standard InChI is InChI=1S/C8H17NO/c1-4-8(3)6-10-7(2)5-9-8/h7,9H,4-6H2,1-3H3. The van der Waals surface area contributed by atoms with Crippen molar-refractivity contribution in [3.63, 3.8) is 0 Å². The zero-order valence-corrected chi connectivity index (χ0v) is 7.11. The fourth-order valence-electron chi connectivity index (χ4n) is 1.05. The van der Waals surface area contributed by atoms with Gasteiger partial charge in [-0.15, -0.1) is 0 Å². The Morgan fingerprint density at radius 1 is 1.70 bits per heavy atom. The zero-order valence-electron chi connectivity index (χ0n) is 7.11. The molecule has 0 aromatic heterocycles. The fourth-order valence-corrected chi connectivity index (χ4v) is 1.05. The topological polar surface area (TPSA) is 21.3 Å². The van der Waals surface area contributed by atoms with Crippen LogP contribution in [0, 0.1) is 0 Å². The molecule has 1 N–H and O–H groups in total. The minimum atomic E-state index is 0.229. The average molecular weight is 143 g/mol. The molecule has 0 aromatic rings. The van der Waals surface area contributed by atoms with E-state index in [1.165, 1.54) is 0 Å². The van der Waals surface area contributed by atoms with Crippen LogP contribution in [0.4, 0.5) is 0 Å². The van der Waals surface area contributed by atoms with Crippen molar-refractivity contribution in [3.05, 3.63) is 0 Å². The summed E-state index contributed by atoms with van der Waals surface area (Å²) in [4.78, 5) is 0. The first-order valence-corrected chi connectivity index (χ1v) is 4.03. The molecule has 0 radical (unpaired) electrons. The molecule has 0 spiro atoms. The molecule has 0 aromatic carbocycles. The molecule has 2 nitrogen and oxygen atoms in total. The van der Waals surface area contributed by atoms with Crippen LogP contribution in [0.5, 0.6) is 0 Å². The lowest BCUT2D eigenvalue weighted by Crippen LogP contribution is -2.54. The van der Waals surface area contributed by atoms with Crippen LogP contribution in [-0.4, -0.2) is 24.8 Å². The smallest absolute Gasteiger partial charge is 0.0672 e. The van der Waals surface area contributed by atoms with E-state index in [0.717, 1.165) is 19.6 Å². The molecule has 1 saturated heterocycles. The maximum absolute atomic E-state index is 5.52. The molecule has 1 fully saturated rings. The molecule has 1 aliphatic heterocycles. The van der Waals surface area contributed by atoms with Gasteiger partial charge in [-0.05, 0) is 20.3 Å². The number of nitrogens with one attached hydrogen (secondary N) is 1. The lowest BCUT2D eigenvalue weighted by Gasteiger charge is -2.36. The van der Waals surface area contributed by atoms with Gasteiger partial charge in [0, 0.05) is 12.1 Å². The van der Waals surface area contributed by atoms with Gasteiger partial charge in [0.1, 0.15) is 0 Å². The third-order valence-electron chi connectivity index (χ3n) is 2.28. The largest absolute Gasteiger partial charge is 0.375 e. The number of rotatable bonds is 1. The van der Waals surface area contributed by atoms with Crippen molar-refractivity contribution in [2.45, 2.75) is 38.8 Å². The normalized spacial score (nSPS) is 41.7. The van der Waals surface area contributed by atoms with E-state index < -0.39 is 0 Å². The second kappa shape index (κ2) is 2.89. The van der Waals surface area contributed by atoms with Crippen LogP contribution in [0.25, 0.3) is 0 Å². The first-order chi connectivity index (χ1) is 4.66. The van der Waals surface area contributed by atoms with Crippen molar-refractivity contribution in [3.8, 4) is 0 Å². The van der Waals surface area contributed by atoms with Gasteiger partial charge < -0.3 is 10.1 Å². The Hall–Kier alpha value is -0.0800. The molecule has 1 rings (SSSR count). The van der Waals surface area contributed by atoms with Gasteiger partial charge in [-0.1, -0.05) is 6.92 Å². The quantitative estimate of drug-likeness (QED) is 0.595. The van der Waals surface area contributed by atoms with E-state index in [-0.39, 0.29) is 5.54 Å². The van der Waals surface area contributed by atoms with Gasteiger partial charge >= 0.3 is 0 Å². The van der Waals surface area contributed by atoms with Crippen LogP contribution in [0.3, 0.4) is 0 Å². The Balaban J connectivity index is 2.38. The molecule has 2 atom stereocenters. The minimum Gasteiger partial charge on any atom is -0.375 e. The van der Waals surface area contributed by atoms with Gasteiger partial charge in [-0.2, -0.15) is 0 Å². The summed E-state index contributed by atoms with van der Waals surface area (Å²) in [5.41, 5.74) is 0.229. The molecule has 0 aliphatic carbocycles. The summed E-state index contributed by atoms with van der Waals surface area (Å²) >= 11 is 0. The Bertz CT molecular complexity index is 106. The lowest BCUT2D eigenvalue weighted by atomic mass is 9.98. The van der Waals surface area contributed by atoms with Crippen LogP contribution in [-0.2, 0) is 4.74 Å². The first-order valence-electron chi connectivity index (χ1n) is 4.03. The molecule has 0 saturated carbocycles. The van der Waals surface area contributed by atoms with Crippen LogP contribution >= 0.6 is 0 Å². The highest BCUT2D eigenvalue weighted by molar-refractivity contribution is 4.85. The van der Waals surface area contributed by atoms with Gasteiger partial charge in [0.15, 0.2) is 0 Å². The Morgan fingerprint density at radius 3 is 2.80 bits per heavy atom. The number of ether oxygens (including phenoxy) is 1. The van der Waals surface area contributed by atoms with Crippen LogP contribution < -0.4 is 5.32 Å². The van der Waals surface area contributed by atoms with E-state index in [9.17, 15) is 0 Å². The zero-order chi connectivity index (χ0) is 7.61. The predicted octanol–water partition coefficient (Wildman–Crippen LogP) is 1.16. The number of hydrogen-bond acceptors (Lipinski definition) is 2. The SMILES string of the molecule is CCC1(C)COC(C)CN1. The van der Waals surface area contributed by atoms with Gasteiger partial charge in [0.2, 0.25) is 0 Å². The third kappa shape index (κ3) is 1.70. The predicted molar refractivity (Wildman–Crippen MR) is 42.1 cm³/mol. The highest BCUT2D eigenvalue weighted by Crippen LogP contribution is 2.14. The van der Waals surface area contributed by atoms with Crippen molar-refractivity contribution < 1.29 is 4.74 Å². The van der Waals surface area contributed by atoms with E-state index in [2.05, 4.69) is 26.1 Å². The lowest BCUT2D eigenvalue weighted by molar-refractivity contribution is -0.0187. The molecule has 0 bridgehead atoms. The fraction of sp³-hybridized carbons (Fsp3) is 1.00. The van der Waals surface area contributed by atoms with Crippen molar-refractivity contribution >= 4 is 0 Å². The van der Waals surface area contributed by atoms with E-state index >= 15 is 0 Å². The molecule has 10 heavy (non-hydrogen) atoms. The van der Waals surface area contributed by atoms with Crippen molar-refractivity contribution in [2.75, 3.05) is 13.2 Å². The van der Waals surface area contributed by atoms with E-state index in [1.807, 2.05) is 0 Å². The monoisotopic (exact) mass is 143 g/mol. The summed E-state index contributed by atoms with van der Waals surface area (Å²) in [6.45, 7) is 8.34. The highest BCUT2D eigenvalue weighted by atomic mass is 16.5. The molecule has 1 aliphatic rings. The molecule has 2 unspecified atom stereocenters. The molecule has 60 valence electrons. The maximum atomic E-state index is 5.52. The summed E-state index contributed by atoms with van der Waals surface area (Å²) in [7, 11) is 0. The molecular weight excluding hydrogens is 126 g/mol. The van der Waals surface area contributed by atoms with Crippen LogP contribution in [0.1, 0.15) is 27.2 Å². The summed E-state index contributed by atoms with van der Waals surface area (Å²) in [5, 5.41) is 3.47. The molecular formula is C8H17NO. The first kappa shape index (κ1) is 8.02. The summed E-state index contributed by atoms with van der Waals surface area (Å²) in [6.07, 6.45) is 1.53. The van der Waals surface area contributed by atoms with Crippen molar-refractivity contribution in [1.29, 1.82) is 0 Å². The van der Waals surface area contributed by atoms with Crippen LogP contribution in [0.2, 0.25) is 0 Å². The van der Waals surface area contributed by atoms with E-state index in [0.29, 0.717) is 6.10 Å². The molecule has 1 heterocycles. The van der Waals surface area contributed by atoms with Crippen molar-refractivity contribution in [2.24, 2.45) is 0 Å². The maximum Gasteiger partial charge on any atom is 0.0672 e. The van der Waals surface area contributed by atoms with E-state index in [1.54, 1.807) is 0 Å². The van der Waals surface area contributed by atoms with Gasteiger partial charge in [0.25, 0.3) is 0 Å².